The molecule has 1 aromatic heterocycles. The van der Waals surface area contributed by atoms with Crippen LogP contribution in [0.1, 0.15) is 19.8 Å². The van der Waals surface area contributed by atoms with Gasteiger partial charge in [-0.15, -0.1) is 0 Å². The normalized spacial score (nSPS) is 10.3. The molecule has 2 amide bonds. The molecule has 1 heterocycles. The molecule has 2 aromatic rings. The van der Waals surface area contributed by atoms with E-state index in [-0.39, 0.29) is 6.54 Å². The van der Waals surface area contributed by atoms with Crippen molar-refractivity contribution in [3.05, 3.63) is 24.3 Å². The number of carbonyl (C=O) groups is 2. The number of fused-ring (bicyclic) bond motifs is 1. The van der Waals surface area contributed by atoms with Gasteiger partial charge in [-0.3, -0.25) is 10.1 Å². The summed E-state index contributed by atoms with van der Waals surface area (Å²) in [6.45, 7) is 2.21. The van der Waals surface area contributed by atoms with Gasteiger partial charge in [-0.25, -0.2) is 9.78 Å². The Bertz CT molecular complexity index is 590. The van der Waals surface area contributed by atoms with Gasteiger partial charge in [0.2, 0.25) is 5.95 Å². The second kappa shape index (κ2) is 7.28. The van der Waals surface area contributed by atoms with E-state index in [4.69, 9.17) is 4.74 Å². The molecule has 0 saturated heterocycles. The van der Waals surface area contributed by atoms with Crippen molar-refractivity contribution in [2.24, 2.45) is 0 Å². The predicted octanol–water partition coefficient (Wildman–Crippen LogP) is 2.03. The lowest BCUT2D eigenvalue weighted by atomic mass is 10.3. The van der Waals surface area contributed by atoms with Gasteiger partial charge in [0, 0.05) is 0 Å². The number of imidazole rings is 1. The molecule has 1 aromatic carbocycles. The highest BCUT2D eigenvalue weighted by Gasteiger charge is 2.08. The third-order valence-corrected chi connectivity index (χ3v) is 2.78. The van der Waals surface area contributed by atoms with Crippen LogP contribution in [0.25, 0.3) is 11.0 Å². The Hall–Kier alpha value is -2.57. The Labute approximate surface area is 122 Å². The molecule has 7 nitrogen and oxygen atoms in total. The first-order valence-corrected chi connectivity index (χ1v) is 6.84. The Kier molecular flexibility index (Phi) is 5.14. The van der Waals surface area contributed by atoms with Crippen LogP contribution < -0.4 is 10.6 Å². The van der Waals surface area contributed by atoms with Gasteiger partial charge >= 0.3 is 12.0 Å². The number of rotatable bonds is 6. The maximum Gasteiger partial charge on any atom is 0.325 e. The Morgan fingerprint density at radius 2 is 2.14 bits per heavy atom. The predicted molar refractivity (Wildman–Crippen MR) is 79.0 cm³/mol. The van der Waals surface area contributed by atoms with E-state index in [2.05, 4.69) is 20.6 Å². The van der Waals surface area contributed by atoms with E-state index in [1.54, 1.807) is 0 Å². The highest BCUT2D eigenvalue weighted by molar-refractivity contribution is 5.91. The lowest BCUT2D eigenvalue weighted by molar-refractivity contribution is -0.142. The summed E-state index contributed by atoms with van der Waals surface area (Å²) in [4.78, 5) is 30.1. The van der Waals surface area contributed by atoms with Crippen molar-refractivity contribution < 1.29 is 14.3 Å². The molecule has 2 rings (SSSR count). The third kappa shape index (κ3) is 4.48. The third-order valence-electron chi connectivity index (χ3n) is 2.78. The minimum absolute atomic E-state index is 0.171. The van der Waals surface area contributed by atoms with Gasteiger partial charge in [0.05, 0.1) is 17.6 Å². The minimum atomic E-state index is -0.513. The number of H-pyrrole nitrogens is 1. The second-order valence-corrected chi connectivity index (χ2v) is 4.48. The highest BCUT2D eigenvalue weighted by atomic mass is 16.5. The standard InChI is InChI=1S/C14H18N4O3/c1-2-3-8-21-12(19)9-15-14(20)18-13-16-10-6-4-5-7-11(10)17-13/h4-7H,2-3,8-9H2,1H3,(H3,15,16,17,18,20). The van der Waals surface area contributed by atoms with Crippen molar-refractivity contribution >= 4 is 29.0 Å². The largest absolute Gasteiger partial charge is 0.464 e. The summed E-state index contributed by atoms with van der Waals surface area (Å²) in [5.74, 6) is -0.128. The van der Waals surface area contributed by atoms with Gasteiger partial charge < -0.3 is 15.0 Å². The zero-order valence-corrected chi connectivity index (χ0v) is 11.8. The van der Waals surface area contributed by atoms with E-state index in [1.165, 1.54) is 0 Å². The first-order chi connectivity index (χ1) is 10.2. The van der Waals surface area contributed by atoms with Gasteiger partial charge in [-0.1, -0.05) is 25.5 Å². The van der Waals surface area contributed by atoms with E-state index in [1.807, 2.05) is 31.2 Å². The molecule has 0 unspecified atom stereocenters. The van der Waals surface area contributed by atoms with Crippen LogP contribution in [-0.2, 0) is 9.53 Å². The number of esters is 1. The molecule has 3 N–H and O–H groups in total. The number of aromatic nitrogens is 2. The summed E-state index contributed by atoms with van der Waals surface area (Å²) >= 11 is 0. The summed E-state index contributed by atoms with van der Waals surface area (Å²) in [5.41, 5.74) is 1.58. The minimum Gasteiger partial charge on any atom is -0.464 e. The maximum atomic E-state index is 11.6. The second-order valence-electron chi connectivity index (χ2n) is 4.48. The first kappa shape index (κ1) is 14.8. The van der Waals surface area contributed by atoms with E-state index >= 15 is 0 Å². The Morgan fingerprint density at radius 3 is 2.90 bits per heavy atom. The fourth-order valence-corrected chi connectivity index (χ4v) is 1.70. The number of urea groups is 1. The van der Waals surface area contributed by atoms with Crippen molar-refractivity contribution in [1.82, 2.24) is 15.3 Å². The molecular formula is C14H18N4O3. The summed E-state index contributed by atoms with van der Waals surface area (Å²) in [6.07, 6.45) is 1.77. The molecule has 7 heteroatoms. The van der Waals surface area contributed by atoms with E-state index < -0.39 is 12.0 Å². The molecule has 0 radical (unpaired) electrons. The van der Waals surface area contributed by atoms with Crippen LogP contribution >= 0.6 is 0 Å². The number of nitrogens with zero attached hydrogens (tertiary/aromatic N) is 1. The summed E-state index contributed by atoms with van der Waals surface area (Å²) in [5, 5.41) is 4.95. The smallest absolute Gasteiger partial charge is 0.325 e. The molecule has 0 saturated carbocycles. The molecule has 21 heavy (non-hydrogen) atoms. The van der Waals surface area contributed by atoms with Crippen LogP contribution in [-0.4, -0.2) is 35.1 Å². The number of hydrogen-bond acceptors (Lipinski definition) is 4. The number of nitrogens with one attached hydrogen (secondary N) is 3. The van der Waals surface area contributed by atoms with Crippen molar-refractivity contribution in [3.8, 4) is 0 Å². The molecule has 0 atom stereocenters. The molecule has 0 spiro atoms. The lowest BCUT2D eigenvalue weighted by Gasteiger charge is -2.06. The van der Waals surface area contributed by atoms with Gasteiger partial charge in [0.15, 0.2) is 0 Å². The fourth-order valence-electron chi connectivity index (χ4n) is 1.70. The maximum absolute atomic E-state index is 11.6. The van der Waals surface area contributed by atoms with Crippen LogP contribution in [0.15, 0.2) is 24.3 Å². The van der Waals surface area contributed by atoms with E-state index in [0.717, 1.165) is 23.9 Å². The van der Waals surface area contributed by atoms with Crippen molar-refractivity contribution in [1.29, 1.82) is 0 Å². The number of anilines is 1. The molecule has 0 aliphatic rings. The van der Waals surface area contributed by atoms with Crippen molar-refractivity contribution in [2.45, 2.75) is 19.8 Å². The van der Waals surface area contributed by atoms with E-state index in [9.17, 15) is 9.59 Å². The average Bonchev–Trinajstić information content (AvgIpc) is 2.87. The molecular weight excluding hydrogens is 272 g/mol. The van der Waals surface area contributed by atoms with Crippen molar-refractivity contribution in [2.75, 3.05) is 18.5 Å². The van der Waals surface area contributed by atoms with Crippen molar-refractivity contribution in [3.63, 3.8) is 0 Å². The molecule has 0 aliphatic heterocycles. The Morgan fingerprint density at radius 1 is 1.33 bits per heavy atom. The quantitative estimate of drug-likeness (QED) is 0.560. The number of carbonyl (C=O) groups excluding carboxylic acids is 2. The average molecular weight is 290 g/mol. The number of amides is 2. The van der Waals surface area contributed by atoms with Crippen LogP contribution in [0.5, 0.6) is 0 Å². The zero-order chi connectivity index (χ0) is 15.1. The number of aromatic amines is 1. The summed E-state index contributed by atoms with van der Waals surface area (Å²) in [6, 6.07) is 6.91. The summed E-state index contributed by atoms with van der Waals surface area (Å²) < 4.78 is 4.93. The fraction of sp³-hybridized carbons (Fsp3) is 0.357. The molecule has 112 valence electrons. The first-order valence-electron chi connectivity index (χ1n) is 6.84. The number of unbranched alkanes of at least 4 members (excludes halogenated alkanes) is 1. The number of para-hydroxylation sites is 2. The number of benzene rings is 1. The summed E-state index contributed by atoms with van der Waals surface area (Å²) in [7, 11) is 0. The van der Waals surface area contributed by atoms with Gasteiger partial charge in [0.25, 0.3) is 0 Å². The van der Waals surface area contributed by atoms with Gasteiger partial charge in [-0.2, -0.15) is 0 Å². The molecule has 0 bridgehead atoms. The monoisotopic (exact) mass is 290 g/mol. The topological polar surface area (TPSA) is 96.1 Å². The van der Waals surface area contributed by atoms with Gasteiger partial charge in [0.1, 0.15) is 6.54 Å². The van der Waals surface area contributed by atoms with Gasteiger partial charge in [-0.05, 0) is 18.6 Å². The molecule has 0 fully saturated rings. The molecule has 0 aliphatic carbocycles. The SMILES string of the molecule is CCCCOC(=O)CNC(=O)Nc1nc2ccccc2[nH]1. The van der Waals surface area contributed by atoms with Crippen LogP contribution in [0.2, 0.25) is 0 Å². The van der Waals surface area contributed by atoms with E-state index in [0.29, 0.717) is 12.6 Å². The van der Waals surface area contributed by atoms with Crippen LogP contribution in [0, 0.1) is 0 Å². The zero-order valence-electron chi connectivity index (χ0n) is 11.8. The number of hydrogen-bond donors (Lipinski definition) is 3. The Balaban J connectivity index is 1.77. The number of ether oxygens (including phenoxy) is 1. The van der Waals surface area contributed by atoms with Crippen LogP contribution in [0.3, 0.4) is 0 Å². The highest BCUT2D eigenvalue weighted by Crippen LogP contribution is 2.12. The van der Waals surface area contributed by atoms with Crippen LogP contribution in [0.4, 0.5) is 10.7 Å². The lowest BCUT2D eigenvalue weighted by Crippen LogP contribution is -2.34.